The molecule has 4 rings (SSSR count). The average molecular weight is 430 g/mol. The van der Waals surface area contributed by atoms with Crippen LogP contribution in [0.2, 0.25) is 0 Å². The molecular weight excluding hydrogens is 406 g/mol. The van der Waals surface area contributed by atoms with E-state index in [0.717, 1.165) is 22.5 Å². The molecule has 8 heteroatoms. The number of aryl methyl sites for hydroxylation is 2. The number of rotatable bonds is 4. The summed E-state index contributed by atoms with van der Waals surface area (Å²) in [7, 11) is -3.09. The Morgan fingerprint density at radius 3 is 2.66 bits per heavy atom. The number of hydrogen-bond acceptors (Lipinski definition) is 6. The molecule has 2 atom stereocenters. The van der Waals surface area contributed by atoms with Gasteiger partial charge in [0.25, 0.3) is 0 Å². The number of amides is 1. The van der Waals surface area contributed by atoms with E-state index in [0.29, 0.717) is 5.17 Å². The highest BCUT2D eigenvalue weighted by Gasteiger charge is 2.47. The van der Waals surface area contributed by atoms with E-state index in [1.54, 1.807) is 0 Å². The van der Waals surface area contributed by atoms with Gasteiger partial charge in [-0.05, 0) is 37.6 Å². The molecule has 1 amide bonds. The van der Waals surface area contributed by atoms with Crippen molar-refractivity contribution >= 4 is 44.0 Å². The number of anilines is 2. The Labute approximate surface area is 175 Å². The zero-order chi connectivity index (χ0) is 20.6. The van der Waals surface area contributed by atoms with Crippen LogP contribution in [-0.4, -0.2) is 48.8 Å². The number of amidine groups is 1. The fourth-order valence-electron chi connectivity index (χ4n) is 3.79. The van der Waals surface area contributed by atoms with E-state index < -0.39 is 9.84 Å². The fourth-order valence-corrected chi connectivity index (χ4v) is 6.56. The standard InChI is InChI=1S/C21H23N3O3S2/c1-14-8-9-17(15(2)10-14)22-20(25)11-28-21-23-18-12-29(26,27)13-19(18)24(21)16-6-4-3-5-7-16/h3-10,18-19H,11-13H2,1-2H3,(H,22,25)/t18-,19+/m1/s1. The van der Waals surface area contributed by atoms with Crippen LogP contribution in [0.15, 0.2) is 53.5 Å². The Balaban J connectivity index is 1.48. The second kappa shape index (κ2) is 7.84. The van der Waals surface area contributed by atoms with Gasteiger partial charge in [0.1, 0.15) is 0 Å². The van der Waals surface area contributed by atoms with E-state index in [-0.39, 0.29) is 35.2 Å². The highest BCUT2D eigenvalue weighted by molar-refractivity contribution is 8.14. The SMILES string of the molecule is Cc1ccc(NC(=O)CSC2=N[C@@H]3CS(=O)(=O)C[C@@H]3N2c2ccccc2)c(C)c1. The minimum absolute atomic E-state index is 0.0693. The largest absolute Gasteiger partial charge is 0.325 e. The Hall–Kier alpha value is -2.32. The molecule has 6 nitrogen and oxygen atoms in total. The molecule has 0 radical (unpaired) electrons. The fraction of sp³-hybridized carbons (Fsp3) is 0.333. The first-order valence-corrected chi connectivity index (χ1v) is 12.3. The van der Waals surface area contributed by atoms with Crippen LogP contribution in [-0.2, 0) is 14.6 Å². The number of benzene rings is 2. The topological polar surface area (TPSA) is 78.8 Å². The van der Waals surface area contributed by atoms with Gasteiger partial charge < -0.3 is 10.2 Å². The number of nitrogens with zero attached hydrogens (tertiary/aromatic N) is 2. The lowest BCUT2D eigenvalue weighted by molar-refractivity contribution is -0.113. The van der Waals surface area contributed by atoms with Gasteiger partial charge in [-0.1, -0.05) is 47.7 Å². The smallest absolute Gasteiger partial charge is 0.234 e. The summed E-state index contributed by atoms with van der Waals surface area (Å²) in [6.45, 7) is 3.98. The summed E-state index contributed by atoms with van der Waals surface area (Å²) in [5.74, 6) is 0.262. The van der Waals surface area contributed by atoms with E-state index in [2.05, 4.69) is 10.3 Å². The maximum Gasteiger partial charge on any atom is 0.234 e. The van der Waals surface area contributed by atoms with E-state index in [1.165, 1.54) is 11.8 Å². The van der Waals surface area contributed by atoms with Crippen LogP contribution in [0.3, 0.4) is 0 Å². The number of fused-ring (bicyclic) bond motifs is 1. The minimum atomic E-state index is -3.09. The van der Waals surface area contributed by atoms with Crippen LogP contribution < -0.4 is 10.2 Å². The zero-order valence-corrected chi connectivity index (χ0v) is 18.0. The molecule has 2 heterocycles. The number of nitrogens with one attached hydrogen (secondary N) is 1. The van der Waals surface area contributed by atoms with Crippen molar-refractivity contribution in [3.8, 4) is 0 Å². The van der Waals surface area contributed by atoms with Gasteiger partial charge in [0.15, 0.2) is 15.0 Å². The van der Waals surface area contributed by atoms with Crippen LogP contribution in [0.5, 0.6) is 0 Å². The molecule has 2 aliphatic rings. The Bertz CT molecular complexity index is 1070. The molecule has 1 fully saturated rings. The molecule has 0 bridgehead atoms. The lowest BCUT2D eigenvalue weighted by Gasteiger charge is -2.26. The zero-order valence-electron chi connectivity index (χ0n) is 16.3. The lowest BCUT2D eigenvalue weighted by atomic mass is 10.1. The molecule has 29 heavy (non-hydrogen) atoms. The van der Waals surface area contributed by atoms with Crippen molar-refractivity contribution in [2.24, 2.45) is 4.99 Å². The lowest BCUT2D eigenvalue weighted by Crippen LogP contribution is -2.39. The van der Waals surface area contributed by atoms with Crippen LogP contribution >= 0.6 is 11.8 Å². The molecule has 0 unspecified atom stereocenters. The maximum atomic E-state index is 12.5. The molecule has 0 saturated carbocycles. The molecule has 1 N–H and O–H groups in total. The van der Waals surface area contributed by atoms with Crippen LogP contribution in [0, 0.1) is 13.8 Å². The van der Waals surface area contributed by atoms with Gasteiger partial charge >= 0.3 is 0 Å². The van der Waals surface area contributed by atoms with Crippen molar-refractivity contribution in [2.45, 2.75) is 25.9 Å². The van der Waals surface area contributed by atoms with Gasteiger partial charge in [-0.3, -0.25) is 9.79 Å². The molecule has 2 aromatic rings. The predicted molar refractivity (Wildman–Crippen MR) is 120 cm³/mol. The highest BCUT2D eigenvalue weighted by atomic mass is 32.2. The summed E-state index contributed by atoms with van der Waals surface area (Å²) in [6.07, 6.45) is 0. The third-order valence-electron chi connectivity index (χ3n) is 5.13. The summed E-state index contributed by atoms with van der Waals surface area (Å²) in [4.78, 5) is 19.1. The van der Waals surface area contributed by atoms with Gasteiger partial charge in [-0.15, -0.1) is 0 Å². The normalized spacial score (nSPS) is 22.3. The number of thioether (sulfide) groups is 1. The van der Waals surface area contributed by atoms with E-state index in [1.807, 2.05) is 67.3 Å². The molecule has 2 aromatic carbocycles. The number of carbonyl (C=O) groups is 1. The van der Waals surface area contributed by atoms with Gasteiger partial charge in [-0.25, -0.2) is 8.42 Å². The van der Waals surface area contributed by atoms with E-state index in [4.69, 9.17) is 0 Å². The van der Waals surface area contributed by atoms with Crippen molar-refractivity contribution in [3.05, 3.63) is 59.7 Å². The third kappa shape index (κ3) is 4.33. The number of hydrogen-bond donors (Lipinski definition) is 1. The van der Waals surface area contributed by atoms with Crippen LogP contribution in [0.4, 0.5) is 11.4 Å². The second-order valence-electron chi connectivity index (χ2n) is 7.48. The van der Waals surface area contributed by atoms with Crippen LogP contribution in [0.25, 0.3) is 0 Å². The van der Waals surface area contributed by atoms with Gasteiger partial charge in [0, 0.05) is 11.4 Å². The summed E-state index contributed by atoms with van der Waals surface area (Å²) in [5, 5.41) is 3.66. The average Bonchev–Trinajstić information content (AvgIpc) is 3.14. The Kier molecular flexibility index (Phi) is 5.40. The maximum absolute atomic E-state index is 12.5. The van der Waals surface area contributed by atoms with E-state index >= 15 is 0 Å². The molecule has 0 spiro atoms. The molecule has 0 aliphatic carbocycles. The van der Waals surface area contributed by atoms with Crippen LogP contribution in [0.1, 0.15) is 11.1 Å². The molecular formula is C21H23N3O3S2. The Morgan fingerprint density at radius 2 is 1.93 bits per heavy atom. The molecule has 2 aliphatic heterocycles. The number of carbonyl (C=O) groups excluding carboxylic acids is 1. The van der Waals surface area contributed by atoms with Gasteiger partial charge in [-0.2, -0.15) is 0 Å². The quantitative estimate of drug-likeness (QED) is 0.808. The molecule has 152 valence electrons. The summed E-state index contributed by atoms with van der Waals surface area (Å²) in [6, 6.07) is 15.1. The van der Waals surface area contributed by atoms with Gasteiger partial charge in [0.05, 0.1) is 29.3 Å². The molecule has 1 saturated heterocycles. The summed E-state index contributed by atoms with van der Waals surface area (Å²) in [5.41, 5.74) is 3.87. The van der Waals surface area contributed by atoms with Crippen molar-refractivity contribution in [1.29, 1.82) is 0 Å². The number of aliphatic imine (C=N–C) groups is 1. The first-order valence-electron chi connectivity index (χ1n) is 9.45. The van der Waals surface area contributed by atoms with Crippen molar-refractivity contribution in [1.82, 2.24) is 0 Å². The highest BCUT2D eigenvalue weighted by Crippen LogP contribution is 2.35. The number of para-hydroxylation sites is 1. The summed E-state index contributed by atoms with van der Waals surface area (Å²) >= 11 is 1.35. The van der Waals surface area contributed by atoms with E-state index in [9.17, 15) is 13.2 Å². The third-order valence-corrected chi connectivity index (χ3v) is 7.80. The minimum Gasteiger partial charge on any atom is -0.325 e. The summed E-state index contributed by atoms with van der Waals surface area (Å²) < 4.78 is 24.2. The second-order valence-corrected chi connectivity index (χ2v) is 10.6. The molecule has 0 aromatic heterocycles. The monoisotopic (exact) mass is 429 g/mol. The first kappa shape index (κ1) is 20.0. The Morgan fingerprint density at radius 1 is 1.17 bits per heavy atom. The van der Waals surface area contributed by atoms with Gasteiger partial charge in [0.2, 0.25) is 5.91 Å². The van der Waals surface area contributed by atoms with Crippen molar-refractivity contribution in [3.63, 3.8) is 0 Å². The predicted octanol–water partition coefficient (Wildman–Crippen LogP) is 3.02. The van der Waals surface area contributed by atoms with Crippen molar-refractivity contribution in [2.75, 3.05) is 27.5 Å². The van der Waals surface area contributed by atoms with Crippen molar-refractivity contribution < 1.29 is 13.2 Å². The first-order chi connectivity index (χ1) is 13.8. The number of sulfone groups is 1.